The van der Waals surface area contributed by atoms with E-state index in [1.165, 1.54) is 17.0 Å². The van der Waals surface area contributed by atoms with Crippen LogP contribution in [0.5, 0.6) is 5.75 Å². The first-order valence-corrected chi connectivity index (χ1v) is 12.3. The SMILES string of the molecule is CCCCCC[C@H](CCCCC[C@@H](O)C(N)=O)OC(=O)[C@@H]1CC=CN1C(=O)c1cccc(O)c1. The van der Waals surface area contributed by atoms with Crippen LogP contribution in [0.4, 0.5) is 0 Å². The van der Waals surface area contributed by atoms with Gasteiger partial charge in [0, 0.05) is 11.8 Å². The smallest absolute Gasteiger partial charge is 0.329 e. The minimum atomic E-state index is -1.12. The third-order valence-electron chi connectivity index (χ3n) is 6.06. The van der Waals surface area contributed by atoms with Gasteiger partial charge in [-0.1, -0.05) is 51.2 Å². The van der Waals surface area contributed by atoms with Crippen molar-refractivity contribution in [1.29, 1.82) is 0 Å². The summed E-state index contributed by atoms with van der Waals surface area (Å²) in [4.78, 5) is 38.2. The van der Waals surface area contributed by atoms with Crippen LogP contribution in [0.1, 0.15) is 87.9 Å². The summed E-state index contributed by atoms with van der Waals surface area (Å²) in [5.74, 6) is -1.51. The van der Waals surface area contributed by atoms with Gasteiger partial charge in [-0.05, 0) is 56.7 Å². The average Bonchev–Trinajstić information content (AvgIpc) is 3.30. The largest absolute Gasteiger partial charge is 0.508 e. The van der Waals surface area contributed by atoms with E-state index < -0.39 is 24.0 Å². The maximum atomic E-state index is 13.0. The molecule has 1 heterocycles. The molecule has 0 spiro atoms. The lowest BCUT2D eigenvalue weighted by Gasteiger charge is -2.25. The van der Waals surface area contributed by atoms with Crippen molar-refractivity contribution in [3.63, 3.8) is 0 Å². The van der Waals surface area contributed by atoms with E-state index in [-0.39, 0.29) is 17.8 Å². The molecule has 1 aromatic rings. The highest BCUT2D eigenvalue weighted by atomic mass is 16.5. The van der Waals surface area contributed by atoms with Crippen LogP contribution in [0.2, 0.25) is 0 Å². The van der Waals surface area contributed by atoms with Gasteiger partial charge in [0.2, 0.25) is 5.91 Å². The Morgan fingerprint density at radius 2 is 1.76 bits per heavy atom. The summed E-state index contributed by atoms with van der Waals surface area (Å²) in [5, 5.41) is 19.2. The highest BCUT2D eigenvalue weighted by Crippen LogP contribution is 2.23. The molecule has 34 heavy (non-hydrogen) atoms. The van der Waals surface area contributed by atoms with Gasteiger partial charge in [-0.3, -0.25) is 9.59 Å². The van der Waals surface area contributed by atoms with E-state index in [1.54, 1.807) is 24.4 Å². The number of esters is 1. The number of rotatable bonds is 15. The molecule has 0 aliphatic carbocycles. The average molecular weight is 475 g/mol. The normalized spacial score (nSPS) is 16.9. The number of aromatic hydroxyl groups is 1. The number of ether oxygens (including phenoxy) is 1. The molecule has 0 saturated heterocycles. The van der Waals surface area contributed by atoms with Crippen molar-refractivity contribution in [3.8, 4) is 5.75 Å². The second-order valence-corrected chi connectivity index (χ2v) is 8.86. The summed E-state index contributed by atoms with van der Waals surface area (Å²) in [6.45, 7) is 2.14. The molecule has 2 rings (SSSR count). The van der Waals surface area contributed by atoms with Crippen molar-refractivity contribution in [1.82, 2.24) is 4.90 Å². The Labute approximate surface area is 201 Å². The van der Waals surface area contributed by atoms with Gasteiger partial charge in [0.1, 0.15) is 24.0 Å². The number of aliphatic hydroxyl groups is 1. The van der Waals surface area contributed by atoms with Gasteiger partial charge in [-0.15, -0.1) is 0 Å². The molecule has 8 nitrogen and oxygen atoms in total. The van der Waals surface area contributed by atoms with Crippen LogP contribution in [0, 0.1) is 0 Å². The Kier molecular flexibility index (Phi) is 11.6. The molecule has 1 aromatic carbocycles. The zero-order valence-corrected chi connectivity index (χ0v) is 20.0. The van der Waals surface area contributed by atoms with Crippen molar-refractivity contribution >= 4 is 17.8 Å². The van der Waals surface area contributed by atoms with Crippen molar-refractivity contribution < 1.29 is 29.3 Å². The fourth-order valence-corrected chi connectivity index (χ4v) is 4.06. The summed E-state index contributed by atoms with van der Waals surface area (Å²) in [5.41, 5.74) is 5.38. The fourth-order valence-electron chi connectivity index (χ4n) is 4.06. The van der Waals surface area contributed by atoms with E-state index >= 15 is 0 Å². The molecular weight excluding hydrogens is 436 g/mol. The van der Waals surface area contributed by atoms with E-state index in [9.17, 15) is 24.6 Å². The Bertz CT molecular complexity index is 840. The number of benzene rings is 1. The minimum Gasteiger partial charge on any atom is -0.508 e. The Hall–Kier alpha value is -2.87. The second kappa shape index (κ2) is 14.4. The van der Waals surface area contributed by atoms with Crippen molar-refractivity contribution in [2.75, 3.05) is 0 Å². The van der Waals surface area contributed by atoms with Crippen LogP contribution in [-0.4, -0.2) is 51.1 Å². The van der Waals surface area contributed by atoms with Crippen molar-refractivity contribution in [2.45, 2.75) is 95.8 Å². The van der Waals surface area contributed by atoms with Crippen LogP contribution in [0.3, 0.4) is 0 Å². The summed E-state index contributed by atoms with van der Waals surface area (Å²) in [7, 11) is 0. The number of phenolic OH excluding ortho intramolecular Hbond substituents is 1. The molecule has 1 aliphatic rings. The first-order valence-electron chi connectivity index (χ1n) is 12.3. The Morgan fingerprint density at radius 3 is 2.41 bits per heavy atom. The summed E-state index contributed by atoms with van der Waals surface area (Å²) in [6.07, 6.45) is 10.7. The molecule has 3 atom stereocenters. The predicted molar refractivity (Wildman–Crippen MR) is 129 cm³/mol. The molecule has 0 unspecified atom stereocenters. The lowest BCUT2D eigenvalue weighted by molar-refractivity contribution is -0.154. The van der Waals surface area contributed by atoms with Crippen LogP contribution >= 0.6 is 0 Å². The van der Waals surface area contributed by atoms with Gasteiger partial charge < -0.3 is 25.6 Å². The number of phenols is 1. The number of carbonyl (C=O) groups excluding carboxylic acids is 3. The number of carbonyl (C=O) groups is 3. The number of primary amides is 1. The van der Waals surface area contributed by atoms with Gasteiger partial charge in [0.05, 0.1) is 0 Å². The minimum absolute atomic E-state index is 0.0105. The number of hydrogen-bond donors (Lipinski definition) is 3. The van der Waals surface area contributed by atoms with E-state index in [0.29, 0.717) is 31.2 Å². The number of nitrogens with zero attached hydrogens (tertiary/aromatic N) is 1. The van der Waals surface area contributed by atoms with Gasteiger partial charge in [-0.25, -0.2) is 4.79 Å². The molecule has 0 fully saturated rings. The van der Waals surface area contributed by atoms with Crippen LogP contribution in [0.15, 0.2) is 36.5 Å². The highest BCUT2D eigenvalue weighted by Gasteiger charge is 2.34. The lowest BCUT2D eigenvalue weighted by Crippen LogP contribution is -2.41. The van der Waals surface area contributed by atoms with Crippen LogP contribution in [0.25, 0.3) is 0 Å². The van der Waals surface area contributed by atoms with E-state index in [4.69, 9.17) is 10.5 Å². The first kappa shape index (κ1) is 27.4. The maximum absolute atomic E-state index is 13.0. The number of hydrogen-bond acceptors (Lipinski definition) is 6. The lowest BCUT2D eigenvalue weighted by atomic mass is 10.0. The predicted octanol–water partition coefficient (Wildman–Crippen LogP) is 3.80. The van der Waals surface area contributed by atoms with Gasteiger partial charge >= 0.3 is 5.97 Å². The number of nitrogens with two attached hydrogens (primary N) is 1. The number of amides is 2. The molecule has 0 bridgehead atoms. The van der Waals surface area contributed by atoms with Crippen LogP contribution < -0.4 is 5.73 Å². The standard InChI is InChI=1S/C26H38N2O6/c1-2-3-4-6-13-21(14-7-5-8-16-23(30)24(27)31)34-26(33)22-15-10-17-28(22)25(32)19-11-9-12-20(29)18-19/h9-12,17-18,21-23,29-30H,2-8,13-16H2,1H3,(H2,27,31)/t21-,22+,23-/m1/s1. The highest BCUT2D eigenvalue weighted by molar-refractivity contribution is 5.98. The van der Waals surface area contributed by atoms with E-state index in [1.807, 2.05) is 0 Å². The molecule has 8 heteroatoms. The summed E-state index contributed by atoms with van der Waals surface area (Å²) in [6, 6.07) is 5.33. The van der Waals surface area contributed by atoms with Crippen LogP contribution in [-0.2, 0) is 14.3 Å². The molecule has 0 saturated carbocycles. The number of aliphatic hydroxyl groups excluding tert-OH is 1. The summed E-state index contributed by atoms with van der Waals surface area (Å²) < 4.78 is 5.87. The van der Waals surface area contributed by atoms with Crippen molar-refractivity contribution in [2.24, 2.45) is 5.73 Å². The summed E-state index contributed by atoms with van der Waals surface area (Å²) >= 11 is 0. The molecule has 1 aliphatic heterocycles. The van der Waals surface area contributed by atoms with E-state index in [0.717, 1.165) is 44.9 Å². The molecule has 4 N–H and O–H groups in total. The third kappa shape index (κ3) is 8.82. The van der Waals surface area contributed by atoms with Crippen molar-refractivity contribution in [3.05, 3.63) is 42.1 Å². The Morgan fingerprint density at radius 1 is 1.09 bits per heavy atom. The quantitative estimate of drug-likeness (QED) is 0.262. The van der Waals surface area contributed by atoms with Gasteiger partial charge in [0.15, 0.2) is 0 Å². The monoisotopic (exact) mass is 474 g/mol. The molecule has 0 aromatic heterocycles. The van der Waals surface area contributed by atoms with Gasteiger partial charge in [-0.2, -0.15) is 0 Å². The van der Waals surface area contributed by atoms with Gasteiger partial charge in [0.25, 0.3) is 5.91 Å². The molecule has 2 amide bonds. The fraction of sp³-hybridized carbons (Fsp3) is 0.577. The van der Waals surface area contributed by atoms with E-state index in [2.05, 4.69) is 6.92 Å². The molecular formula is C26H38N2O6. The third-order valence-corrected chi connectivity index (χ3v) is 6.06. The first-order chi connectivity index (χ1) is 16.3. The second-order valence-electron chi connectivity index (χ2n) is 8.86. The Balaban J connectivity index is 1.92. The topological polar surface area (TPSA) is 130 Å². The zero-order valence-electron chi connectivity index (χ0n) is 20.0. The molecule has 0 radical (unpaired) electrons. The molecule has 188 valence electrons. The zero-order chi connectivity index (χ0) is 24.9. The maximum Gasteiger partial charge on any atom is 0.329 e. The number of unbranched alkanes of at least 4 members (excludes halogenated alkanes) is 5.